The first kappa shape index (κ1) is 26.7. The zero-order chi connectivity index (χ0) is 27.7. The van der Waals surface area contributed by atoms with Gasteiger partial charge in [0, 0.05) is 58.4 Å². The van der Waals surface area contributed by atoms with Crippen LogP contribution < -0.4 is 4.74 Å². The van der Waals surface area contributed by atoms with Crippen molar-refractivity contribution >= 4 is 35.1 Å². The minimum atomic E-state index is -1.01. The van der Waals surface area contributed by atoms with Crippen LogP contribution in [0.4, 0.5) is 0 Å². The van der Waals surface area contributed by atoms with Crippen LogP contribution in [0.1, 0.15) is 72.3 Å². The lowest BCUT2D eigenvalue weighted by atomic mass is 9.70. The van der Waals surface area contributed by atoms with Crippen LogP contribution in [-0.2, 0) is 21.0 Å². The Balaban J connectivity index is 1.59. The van der Waals surface area contributed by atoms with E-state index in [0.29, 0.717) is 66.0 Å². The van der Waals surface area contributed by atoms with Crippen molar-refractivity contribution < 1.29 is 34.1 Å². The molecule has 0 saturated carbocycles. The lowest BCUT2D eigenvalue weighted by molar-refractivity contribution is -0.137. The van der Waals surface area contributed by atoms with E-state index in [1.165, 1.54) is 12.1 Å². The number of nitrogens with zero attached hydrogens (tertiary/aromatic N) is 1. The molecule has 0 atom stereocenters. The molecule has 0 fully saturated rings. The zero-order valence-electron chi connectivity index (χ0n) is 21.2. The van der Waals surface area contributed by atoms with Crippen molar-refractivity contribution in [2.24, 2.45) is 0 Å². The third-order valence-electron chi connectivity index (χ3n) is 7.51. The molecule has 202 valence electrons. The molecule has 0 spiro atoms. The van der Waals surface area contributed by atoms with E-state index in [2.05, 4.69) is 0 Å². The molecule has 2 N–H and O–H groups in total. The van der Waals surface area contributed by atoms with Crippen molar-refractivity contribution in [2.75, 3.05) is 6.54 Å². The highest BCUT2D eigenvalue weighted by molar-refractivity contribution is 6.30. The Hall–Kier alpha value is -3.91. The number of ketones is 2. The summed E-state index contributed by atoms with van der Waals surface area (Å²) in [4.78, 5) is 51.5. The van der Waals surface area contributed by atoms with Crippen LogP contribution in [0, 0.1) is 0 Å². The van der Waals surface area contributed by atoms with Gasteiger partial charge in [0.1, 0.15) is 12.4 Å². The van der Waals surface area contributed by atoms with Crippen LogP contribution >= 0.6 is 11.6 Å². The van der Waals surface area contributed by atoms with Gasteiger partial charge in [-0.1, -0.05) is 23.7 Å². The van der Waals surface area contributed by atoms with Crippen LogP contribution in [0.25, 0.3) is 0 Å². The molecule has 3 aliphatic rings. The molecule has 2 aromatic carbocycles. The zero-order valence-corrected chi connectivity index (χ0v) is 22.0. The maximum absolute atomic E-state index is 13.5. The largest absolute Gasteiger partial charge is 0.489 e. The first-order chi connectivity index (χ1) is 18.7. The first-order valence-corrected chi connectivity index (χ1v) is 13.4. The monoisotopic (exact) mass is 549 g/mol. The number of carboxylic acids is 2. The van der Waals surface area contributed by atoms with E-state index in [9.17, 15) is 24.3 Å². The number of hydrogen-bond acceptors (Lipinski definition) is 6. The predicted octanol–water partition coefficient (Wildman–Crippen LogP) is 5.51. The number of carboxylic acid groups (broad SMARTS) is 2. The minimum absolute atomic E-state index is 0.0540. The summed E-state index contributed by atoms with van der Waals surface area (Å²) in [5.74, 6) is -2.24. The number of allylic oxidation sites excluding steroid dienone is 4. The average molecular weight is 550 g/mol. The first-order valence-electron chi connectivity index (χ1n) is 13.0. The van der Waals surface area contributed by atoms with Gasteiger partial charge in [-0.15, -0.1) is 0 Å². The summed E-state index contributed by atoms with van der Waals surface area (Å²) in [7, 11) is 0. The number of rotatable bonds is 8. The maximum Gasteiger partial charge on any atom is 0.335 e. The highest BCUT2D eigenvalue weighted by Crippen LogP contribution is 2.51. The molecule has 0 amide bonds. The van der Waals surface area contributed by atoms with Crippen LogP contribution in [0.3, 0.4) is 0 Å². The van der Waals surface area contributed by atoms with Gasteiger partial charge in [0.15, 0.2) is 11.6 Å². The Labute approximate surface area is 230 Å². The third-order valence-corrected chi connectivity index (χ3v) is 7.75. The summed E-state index contributed by atoms with van der Waals surface area (Å²) in [6.45, 7) is 0.344. The normalized spacial score (nSPS) is 17.7. The van der Waals surface area contributed by atoms with Crippen molar-refractivity contribution in [2.45, 2.75) is 57.5 Å². The van der Waals surface area contributed by atoms with E-state index >= 15 is 0 Å². The van der Waals surface area contributed by atoms with Crippen LogP contribution in [0.5, 0.6) is 5.75 Å². The summed E-state index contributed by atoms with van der Waals surface area (Å²) in [6, 6.07) is 11.5. The highest BCUT2D eigenvalue weighted by atomic mass is 35.5. The molecule has 0 saturated heterocycles. The molecular weight excluding hydrogens is 522 g/mol. The van der Waals surface area contributed by atoms with Gasteiger partial charge in [-0.05, 0) is 61.6 Å². The summed E-state index contributed by atoms with van der Waals surface area (Å²) >= 11 is 6.45. The van der Waals surface area contributed by atoms with Gasteiger partial charge in [-0.25, -0.2) is 4.79 Å². The minimum Gasteiger partial charge on any atom is -0.489 e. The van der Waals surface area contributed by atoms with Crippen molar-refractivity contribution in [3.8, 4) is 5.75 Å². The molecule has 0 unspecified atom stereocenters. The maximum atomic E-state index is 13.5. The number of hydrogen-bond donors (Lipinski definition) is 2. The number of aliphatic carboxylic acids is 1. The quantitative estimate of drug-likeness (QED) is 0.442. The fraction of sp³-hybridized carbons (Fsp3) is 0.333. The van der Waals surface area contributed by atoms with Crippen LogP contribution in [0.2, 0.25) is 5.02 Å². The summed E-state index contributed by atoms with van der Waals surface area (Å²) in [5.41, 5.74) is 4.19. The van der Waals surface area contributed by atoms with Gasteiger partial charge in [0.25, 0.3) is 0 Å². The van der Waals surface area contributed by atoms with E-state index in [1.54, 1.807) is 30.3 Å². The smallest absolute Gasteiger partial charge is 0.335 e. The van der Waals surface area contributed by atoms with Crippen LogP contribution in [-0.4, -0.2) is 45.2 Å². The van der Waals surface area contributed by atoms with E-state index in [1.807, 2.05) is 4.90 Å². The molecule has 5 rings (SSSR count). The molecular formula is C30H28ClNO7. The number of aromatic carboxylic acids is 1. The van der Waals surface area contributed by atoms with Gasteiger partial charge in [0.2, 0.25) is 0 Å². The standard InChI is InChI=1S/C30H28ClNO7/c31-19-11-12-25(39-16-17-7-9-18(10-8-17)30(37)38)20(15-19)27-28-21(3-1-5-23(28)33)32(14-13-26(35)36)22-4-2-6-24(34)29(22)27/h7-12,15,27H,1-6,13-14,16H2,(H,35,36)(H,37,38). The molecule has 2 aromatic rings. The predicted molar refractivity (Wildman–Crippen MR) is 143 cm³/mol. The van der Waals surface area contributed by atoms with Gasteiger partial charge in [-0.2, -0.15) is 0 Å². The van der Waals surface area contributed by atoms with Gasteiger partial charge >= 0.3 is 11.9 Å². The van der Waals surface area contributed by atoms with Crippen molar-refractivity contribution in [1.29, 1.82) is 0 Å². The number of Topliss-reactive ketones (excluding diaryl/α,β-unsaturated/α-hetero) is 2. The lowest BCUT2D eigenvalue weighted by Crippen LogP contribution is -2.40. The molecule has 2 aliphatic carbocycles. The van der Waals surface area contributed by atoms with E-state index in [-0.39, 0.29) is 36.7 Å². The number of carbonyl (C=O) groups is 4. The molecule has 0 aromatic heterocycles. The van der Waals surface area contributed by atoms with Crippen molar-refractivity contribution in [1.82, 2.24) is 4.90 Å². The van der Waals surface area contributed by atoms with Gasteiger partial charge in [0.05, 0.1) is 12.0 Å². The van der Waals surface area contributed by atoms with Crippen molar-refractivity contribution in [3.05, 3.63) is 86.7 Å². The SMILES string of the molecule is O=C(O)CCN1C2=C(C(=O)CCC2)C(c2cc(Cl)ccc2OCc2ccc(C(=O)O)cc2)C2=C1CCCC2=O. The molecule has 0 bridgehead atoms. The molecule has 9 heteroatoms. The van der Waals surface area contributed by atoms with E-state index in [0.717, 1.165) is 17.0 Å². The third kappa shape index (κ3) is 5.34. The molecule has 1 heterocycles. The Morgan fingerprint density at radius 2 is 1.51 bits per heavy atom. The number of ether oxygens (including phenoxy) is 1. The molecule has 8 nitrogen and oxygen atoms in total. The van der Waals surface area contributed by atoms with E-state index < -0.39 is 17.9 Å². The van der Waals surface area contributed by atoms with Crippen LogP contribution in [0.15, 0.2) is 65.0 Å². The molecule has 0 radical (unpaired) electrons. The second-order valence-electron chi connectivity index (χ2n) is 9.98. The second kappa shape index (κ2) is 11.1. The highest BCUT2D eigenvalue weighted by Gasteiger charge is 2.44. The summed E-state index contributed by atoms with van der Waals surface area (Å²) in [5, 5.41) is 19.0. The summed E-state index contributed by atoms with van der Waals surface area (Å²) in [6.07, 6.45) is 3.17. The topological polar surface area (TPSA) is 121 Å². The lowest BCUT2D eigenvalue weighted by Gasteiger charge is -2.44. The second-order valence-corrected chi connectivity index (χ2v) is 10.4. The van der Waals surface area contributed by atoms with E-state index in [4.69, 9.17) is 21.4 Å². The summed E-state index contributed by atoms with van der Waals surface area (Å²) < 4.78 is 6.20. The Kier molecular flexibility index (Phi) is 7.57. The number of carbonyl (C=O) groups excluding carboxylic acids is 2. The Morgan fingerprint density at radius 1 is 0.897 bits per heavy atom. The van der Waals surface area contributed by atoms with Gasteiger partial charge < -0.3 is 19.8 Å². The fourth-order valence-corrected chi connectivity index (χ4v) is 5.97. The number of benzene rings is 2. The van der Waals surface area contributed by atoms with Gasteiger partial charge in [-0.3, -0.25) is 14.4 Å². The van der Waals surface area contributed by atoms with Crippen molar-refractivity contribution in [3.63, 3.8) is 0 Å². The Morgan fingerprint density at radius 3 is 2.08 bits per heavy atom. The Bertz CT molecular complexity index is 1380. The fourth-order valence-electron chi connectivity index (χ4n) is 5.79. The number of halogens is 1. The molecule has 39 heavy (non-hydrogen) atoms. The average Bonchev–Trinajstić information content (AvgIpc) is 2.91. The molecule has 1 aliphatic heterocycles.